The number of allylic oxidation sites excluding steroid dienone is 1. The fourth-order valence-corrected chi connectivity index (χ4v) is 3.10. The minimum atomic E-state index is -0.615. The molecule has 0 spiro atoms. The van der Waals surface area contributed by atoms with E-state index in [0.717, 1.165) is 5.76 Å². The van der Waals surface area contributed by atoms with Gasteiger partial charge < -0.3 is 20.6 Å². The Morgan fingerprint density at radius 1 is 1.31 bits per heavy atom. The minimum absolute atomic E-state index is 0.119. The van der Waals surface area contributed by atoms with E-state index in [9.17, 15) is 9.90 Å². The number of carbonyl (C=O) groups excluding carboxylic acids is 1. The maximum atomic E-state index is 12.1. The van der Waals surface area contributed by atoms with E-state index in [0.29, 0.717) is 34.4 Å². The van der Waals surface area contributed by atoms with Crippen molar-refractivity contribution in [2.45, 2.75) is 19.9 Å². The first-order valence-corrected chi connectivity index (χ1v) is 8.04. The van der Waals surface area contributed by atoms with Crippen molar-refractivity contribution < 1.29 is 14.3 Å². The summed E-state index contributed by atoms with van der Waals surface area (Å²) in [4.78, 5) is 16.6. The standard InChI is InChI=1S/C18H17N5O3/c1-9-6-7-13(26-9)15-14(16(19)25)10(2)20-18-21-17(22-23(15)18)11-4-3-5-12(24)8-11/h3-8,15,24H,1-2H3,(H2,19,25)(H,20,21,22). The third-order valence-electron chi connectivity index (χ3n) is 4.25. The van der Waals surface area contributed by atoms with Gasteiger partial charge in [-0.15, -0.1) is 5.10 Å². The monoisotopic (exact) mass is 351 g/mol. The average molecular weight is 351 g/mol. The lowest BCUT2D eigenvalue weighted by atomic mass is 10.0. The van der Waals surface area contributed by atoms with E-state index in [-0.39, 0.29) is 5.75 Å². The first-order valence-electron chi connectivity index (χ1n) is 8.04. The van der Waals surface area contributed by atoms with Crippen molar-refractivity contribution in [3.05, 3.63) is 59.2 Å². The van der Waals surface area contributed by atoms with Crippen LogP contribution in [-0.2, 0) is 4.79 Å². The number of furan rings is 1. The van der Waals surface area contributed by atoms with Gasteiger partial charge in [-0.25, -0.2) is 4.68 Å². The van der Waals surface area contributed by atoms with Crippen LogP contribution in [0.2, 0.25) is 0 Å². The first kappa shape index (κ1) is 15.9. The molecule has 0 saturated heterocycles. The highest BCUT2D eigenvalue weighted by Crippen LogP contribution is 2.36. The van der Waals surface area contributed by atoms with Crippen LogP contribution in [0.25, 0.3) is 11.4 Å². The summed E-state index contributed by atoms with van der Waals surface area (Å²) in [5.41, 5.74) is 7.22. The SMILES string of the molecule is CC1=C(C(N)=O)C(c2ccc(C)o2)n2nc(-c3cccc(O)c3)nc2N1. The summed E-state index contributed by atoms with van der Waals surface area (Å²) in [7, 11) is 0. The van der Waals surface area contributed by atoms with Gasteiger partial charge in [0.15, 0.2) is 5.82 Å². The van der Waals surface area contributed by atoms with Crippen LogP contribution in [0.15, 0.2) is 52.1 Å². The molecule has 1 aliphatic rings. The van der Waals surface area contributed by atoms with Crippen LogP contribution in [0.5, 0.6) is 5.75 Å². The number of nitrogens with zero attached hydrogens (tertiary/aromatic N) is 3. The second kappa shape index (κ2) is 5.76. The van der Waals surface area contributed by atoms with Gasteiger partial charge in [0.2, 0.25) is 11.9 Å². The molecule has 1 aromatic carbocycles. The Morgan fingerprint density at radius 2 is 2.12 bits per heavy atom. The van der Waals surface area contributed by atoms with Crippen molar-refractivity contribution in [1.29, 1.82) is 0 Å². The molecule has 26 heavy (non-hydrogen) atoms. The Hall–Kier alpha value is -3.55. The van der Waals surface area contributed by atoms with Crippen LogP contribution in [0.4, 0.5) is 5.95 Å². The number of phenolic OH excluding ortho intramolecular Hbond substituents is 1. The van der Waals surface area contributed by atoms with Gasteiger partial charge in [-0.3, -0.25) is 4.79 Å². The summed E-state index contributed by atoms with van der Waals surface area (Å²) in [5, 5.41) is 17.3. The molecule has 0 bridgehead atoms. The van der Waals surface area contributed by atoms with E-state index in [1.165, 1.54) is 0 Å². The van der Waals surface area contributed by atoms with Crippen LogP contribution in [0.3, 0.4) is 0 Å². The van der Waals surface area contributed by atoms with Crippen LogP contribution in [0, 0.1) is 6.92 Å². The molecule has 4 N–H and O–H groups in total. The molecule has 132 valence electrons. The van der Waals surface area contributed by atoms with Crippen molar-refractivity contribution in [3.8, 4) is 17.1 Å². The topological polar surface area (TPSA) is 119 Å². The fourth-order valence-electron chi connectivity index (χ4n) is 3.10. The molecule has 3 aromatic rings. The molecule has 3 heterocycles. The zero-order valence-electron chi connectivity index (χ0n) is 14.2. The van der Waals surface area contributed by atoms with E-state index in [2.05, 4.69) is 15.4 Å². The van der Waals surface area contributed by atoms with Gasteiger partial charge in [0.05, 0.1) is 5.57 Å². The highest BCUT2D eigenvalue weighted by atomic mass is 16.3. The van der Waals surface area contributed by atoms with Crippen molar-refractivity contribution in [1.82, 2.24) is 14.8 Å². The molecule has 2 aromatic heterocycles. The van der Waals surface area contributed by atoms with Gasteiger partial charge in [-0.05, 0) is 38.1 Å². The Kier molecular flexibility index (Phi) is 3.54. The molecule has 1 atom stereocenters. The summed E-state index contributed by atoms with van der Waals surface area (Å²) < 4.78 is 7.32. The van der Waals surface area contributed by atoms with Crippen molar-refractivity contribution in [2.75, 3.05) is 5.32 Å². The zero-order valence-corrected chi connectivity index (χ0v) is 14.2. The summed E-state index contributed by atoms with van der Waals surface area (Å²) >= 11 is 0. The van der Waals surface area contributed by atoms with E-state index >= 15 is 0 Å². The number of hydrogen-bond donors (Lipinski definition) is 3. The van der Waals surface area contributed by atoms with Crippen LogP contribution in [-0.4, -0.2) is 25.8 Å². The van der Waals surface area contributed by atoms with Crippen molar-refractivity contribution in [2.24, 2.45) is 5.73 Å². The molecular formula is C18H17N5O3. The number of primary amides is 1. The number of benzene rings is 1. The summed E-state index contributed by atoms with van der Waals surface area (Å²) in [6, 6.07) is 9.65. The van der Waals surface area contributed by atoms with E-state index in [4.69, 9.17) is 10.2 Å². The van der Waals surface area contributed by atoms with Crippen LogP contribution < -0.4 is 11.1 Å². The maximum Gasteiger partial charge on any atom is 0.249 e. The van der Waals surface area contributed by atoms with Crippen LogP contribution >= 0.6 is 0 Å². The van der Waals surface area contributed by atoms with E-state index in [1.54, 1.807) is 41.9 Å². The summed E-state index contributed by atoms with van der Waals surface area (Å²) in [6.45, 7) is 3.58. The normalized spacial score (nSPS) is 16.3. The number of hydrogen-bond acceptors (Lipinski definition) is 6. The Morgan fingerprint density at radius 3 is 2.77 bits per heavy atom. The van der Waals surface area contributed by atoms with Gasteiger partial charge in [0, 0.05) is 11.3 Å². The predicted octanol–water partition coefficient (Wildman–Crippen LogP) is 2.33. The third kappa shape index (κ3) is 2.52. The maximum absolute atomic E-state index is 12.1. The number of phenols is 1. The molecule has 1 aliphatic heterocycles. The van der Waals surface area contributed by atoms with E-state index in [1.807, 2.05) is 13.0 Å². The number of nitrogens with two attached hydrogens (primary N) is 1. The fraction of sp³-hybridized carbons (Fsp3) is 0.167. The Balaban J connectivity index is 1.88. The predicted molar refractivity (Wildman–Crippen MR) is 94.2 cm³/mol. The molecule has 0 fully saturated rings. The largest absolute Gasteiger partial charge is 0.508 e. The molecule has 1 unspecified atom stereocenters. The Labute approximate surface area is 149 Å². The van der Waals surface area contributed by atoms with Gasteiger partial charge in [-0.1, -0.05) is 12.1 Å². The quantitative estimate of drug-likeness (QED) is 0.666. The van der Waals surface area contributed by atoms with Gasteiger partial charge in [0.1, 0.15) is 23.3 Å². The first-order chi connectivity index (χ1) is 12.4. The van der Waals surface area contributed by atoms with Crippen LogP contribution in [0.1, 0.15) is 24.5 Å². The number of carbonyl (C=O) groups is 1. The van der Waals surface area contributed by atoms with Crippen molar-refractivity contribution in [3.63, 3.8) is 0 Å². The highest BCUT2D eigenvalue weighted by molar-refractivity contribution is 5.95. The van der Waals surface area contributed by atoms with Gasteiger partial charge >= 0.3 is 0 Å². The number of fused-ring (bicyclic) bond motifs is 1. The van der Waals surface area contributed by atoms with Crippen molar-refractivity contribution >= 4 is 11.9 Å². The minimum Gasteiger partial charge on any atom is -0.508 e. The lowest BCUT2D eigenvalue weighted by Crippen LogP contribution is -2.31. The number of aromatic hydroxyl groups is 1. The van der Waals surface area contributed by atoms with Gasteiger partial charge in [-0.2, -0.15) is 4.98 Å². The number of anilines is 1. The number of aromatic nitrogens is 3. The molecule has 8 nitrogen and oxygen atoms in total. The molecule has 0 radical (unpaired) electrons. The number of aryl methyl sites for hydroxylation is 1. The molecular weight excluding hydrogens is 334 g/mol. The molecule has 0 aliphatic carbocycles. The second-order valence-electron chi connectivity index (χ2n) is 6.13. The average Bonchev–Trinajstić information content (AvgIpc) is 3.19. The zero-order chi connectivity index (χ0) is 18.4. The number of nitrogens with one attached hydrogen (secondary N) is 1. The van der Waals surface area contributed by atoms with Gasteiger partial charge in [0.25, 0.3) is 0 Å². The highest BCUT2D eigenvalue weighted by Gasteiger charge is 2.35. The number of amides is 1. The lowest BCUT2D eigenvalue weighted by Gasteiger charge is -2.25. The molecule has 0 saturated carbocycles. The summed E-state index contributed by atoms with van der Waals surface area (Å²) in [6.07, 6.45) is 0. The Bertz CT molecular complexity index is 1050. The lowest BCUT2D eigenvalue weighted by molar-refractivity contribution is -0.115. The smallest absolute Gasteiger partial charge is 0.249 e. The second-order valence-corrected chi connectivity index (χ2v) is 6.13. The molecule has 4 rings (SSSR count). The third-order valence-corrected chi connectivity index (χ3v) is 4.25. The molecule has 1 amide bonds. The molecule has 8 heteroatoms. The summed E-state index contributed by atoms with van der Waals surface area (Å²) in [5.74, 6) is 1.70. The van der Waals surface area contributed by atoms with E-state index < -0.39 is 11.9 Å². The number of rotatable bonds is 3.